The van der Waals surface area contributed by atoms with Crippen LogP contribution in [0.15, 0.2) is 60.7 Å². The lowest BCUT2D eigenvalue weighted by Crippen LogP contribution is -2.03. The van der Waals surface area contributed by atoms with E-state index >= 15 is 0 Å². The molecule has 0 aliphatic heterocycles. The van der Waals surface area contributed by atoms with Crippen molar-refractivity contribution in [2.75, 3.05) is 28.4 Å². The summed E-state index contributed by atoms with van der Waals surface area (Å²) < 4.78 is 22.5. The van der Waals surface area contributed by atoms with Gasteiger partial charge in [0.2, 0.25) is 0 Å². The van der Waals surface area contributed by atoms with Crippen molar-refractivity contribution in [3.8, 4) is 23.0 Å². The molecule has 0 saturated carbocycles. The van der Waals surface area contributed by atoms with Crippen LogP contribution in [0.2, 0.25) is 0 Å². The number of ether oxygens (including phenoxy) is 4. The molecule has 5 heteroatoms. The first-order chi connectivity index (χ1) is 19.3. The Morgan fingerprint density at radius 1 is 0.525 bits per heavy atom. The van der Waals surface area contributed by atoms with Gasteiger partial charge in [0.15, 0.2) is 0 Å². The van der Waals surface area contributed by atoms with E-state index in [0.29, 0.717) is 6.42 Å². The number of benzene rings is 4. The van der Waals surface area contributed by atoms with Crippen LogP contribution in [-0.4, -0.2) is 33.5 Å². The second-order valence-electron chi connectivity index (χ2n) is 10.3. The highest BCUT2D eigenvalue weighted by atomic mass is 16.5. The number of aliphatic hydroxyl groups excluding tert-OH is 1. The molecule has 0 heterocycles. The summed E-state index contributed by atoms with van der Waals surface area (Å²) in [5, 5.41) is 9.52. The van der Waals surface area contributed by atoms with Gasteiger partial charge in [-0.3, -0.25) is 0 Å². The Morgan fingerprint density at radius 3 is 1.75 bits per heavy atom. The maximum absolute atomic E-state index is 9.52. The molecule has 40 heavy (non-hydrogen) atoms. The predicted molar refractivity (Wildman–Crippen MR) is 161 cm³/mol. The van der Waals surface area contributed by atoms with Crippen molar-refractivity contribution in [3.05, 3.63) is 116 Å². The molecule has 210 valence electrons. The van der Waals surface area contributed by atoms with Gasteiger partial charge in [-0.15, -0.1) is 0 Å². The molecule has 5 nitrogen and oxygen atoms in total. The molecule has 0 bridgehead atoms. The Bertz CT molecular complexity index is 1490. The summed E-state index contributed by atoms with van der Waals surface area (Å²) in [6, 6.07) is 20.9. The first-order valence-electron chi connectivity index (χ1n) is 13.5. The van der Waals surface area contributed by atoms with E-state index in [-0.39, 0.29) is 6.61 Å². The third-order valence-corrected chi connectivity index (χ3v) is 7.65. The average Bonchev–Trinajstić information content (AvgIpc) is 2.95. The summed E-state index contributed by atoms with van der Waals surface area (Å²) in [4.78, 5) is 0. The third-order valence-electron chi connectivity index (χ3n) is 7.65. The number of hydrogen-bond donors (Lipinski definition) is 1. The molecule has 4 rings (SSSR count). The molecule has 0 amide bonds. The number of aryl methyl sites for hydroxylation is 2. The second kappa shape index (κ2) is 12.9. The molecular weight excluding hydrogens is 500 g/mol. The van der Waals surface area contributed by atoms with Crippen molar-refractivity contribution in [3.63, 3.8) is 0 Å². The van der Waals surface area contributed by atoms with Gasteiger partial charge in [0.25, 0.3) is 0 Å². The highest BCUT2D eigenvalue weighted by Crippen LogP contribution is 2.33. The quantitative estimate of drug-likeness (QED) is 0.224. The maximum atomic E-state index is 9.52. The van der Waals surface area contributed by atoms with E-state index in [1.165, 1.54) is 27.8 Å². The fourth-order valence-corrected chi connectivity index (χ4v) is 5.43. The van der Waals surface area contributed by atoms with Gasteiger partial charge in [-0.25, -0.2) is 0 Å². The molecule has 0 spiro atoms. The molecule has 0 unspecified atom stereocenters. The van der Waals surface area contributed by atoms with Gasteiger partial charge in [-0.05, 0) is 95.0 Å². The van der Waals surface area contributed by atoms with Gasteiger partial charge in [0.1, 0.15) is 23.0 Å². The van der Waals surface area contributed by atoms with E-state index < -0.39 is 0 Å². The van der Waals surface area contributed by atoms with Gasteiger partial charge in [-0.2, -0.15) is 0 Å². The Morgan fingerprint density at radius 2 is 1.12 bits per heavy atom. The van der Waals surface area contributed by atoms with E-state index in [1.54, 1.807) is 28.4 Å². The highest BCUT2D eigenvalue weighted by molar-refractivity contribution is 5.51. The summed E-state index contributed by atoms with van der Waals surface area (Å²) in [6.07, 6.45) is 2.26. The molecule has 0 aliphatic carbocycles. The Kier molecular flexibility index (Phi) is 9.38. The molecular formula is C35H40O5. The normalized spacial score (nSPS) is 10.9. The fourth-order valence-electron chi connectivity index (χ4n) is 5.43. The first kappa shape index (κ1) is 29.0. The molecule has 0 atom stereocenters. The smallest absolute Gasteiger partial charge is 0.126 e. The molecule has 0 fully saturated rings. The lowest BCUT2D eigenvalue weighted by atomic mass is 9.90. The molecule has 0 aliphatic rings. The zero-order valence-corrected chi connectivity index (χ0v) is 24.7. The van der Waals surface area contributed by atoms with Crippen molar-refractivity contribution in [2.45, 2.75) is 46.6 Å². The van der Waals surface area contributed by atoms with Crippen LogP contribution in [0.25, 0.3) is 0 Å². The van der Waals surface area contributed by atoms with Crippen LogP contribution < -0.4 is 18.9 Å². The van der Waals surface area contributed by atoms with Gasteiger partial charge in [-0.1, -0.05) is 42.5 Å². The summed E-state index contributed by atoms with van der Waals surface area (Å²) in [7, 11) is 6.75. The summed E-state index contributed by atoms with van der Waals surface area (Å²) >= 11 is 0. The monoisotopic (exact) mass is 540 g/mol. The maximum Gasteiger partial charge on any atom is 0.126 e. The number of hydrogen-bond acceptors (Lipinski definition) is 5. The van der Waals surface area contributed by atoms with Crippen LogP contribution in [0, 0.1) is 20.8 Å². The van der Waals surface area contributed by atoms with Crippen LogP contribution in [-0.2, 0) is 25.9 Å². The Balaban J connectivity index is 1.66. The number of rotatable bonds is 11. The molecule has 0 saturated heterocycles. The standard InChI is InChI=1S/C35H40O5/c1-22-12-26(15-30(24(22)3)18-28-9-8-25(21-36)17-33(28)38-5)14-27-13-23(2)35(40-7)31(16-27)19-29-10-11-32(37-4)20-34(29)39-6/h8-13,15-17,20,36H,14,18-19,21H2,1-7H3. The SMILES string of the molecule is COc1ccc(Cc2cc(Cc3cc(C)c(C)c(Cc4ccc(CO)cc4OC)c3)cc(C)c2OC)c(OC)c1. The van der Waals surface area contributed by atoms with Crippen LogP contribution in [0.4, 0.5) is 0 Å². The van der Waals surface area contributed by atoms with Crippen molar-refractivity contribution >= 4 is 0 Å². The van der Waals surface area contributed by atoms with Gasteiger partial charge in [0.05, 0.1) is 35.0 Å². The fraction of sp³-hybridized carbons (Fsp3) is 0.314. The summed E-state index contributed by atoms with van der Waals surface area (Å²) in [6.45, 7) is 6.46. The minimum atomic E-state index is -0.00122. The van der Waals surface area contributed by atoms with E-state index in [9.17, 15) is 5.11 Å². The van der Waals surface area contributed by atoms with Crippen LogP contribution in [0.3, 0.4) is 0 Å². The molecule has 0 radical (unpaired) electrons. The van der Waals surface area contributed by atoms with E-state index in [4.69, 9.17) is 18.9 Å². The van der Waals surface area contributed by atoms with Crippen molar-refractivity contribution in [1.29, 1.82) is 0 Å². The zero-order valence-electron chi connectivity index (χ0n) is 24.7. The van der Waals surface area contributed by atoms with Crippen molar-refractivity contribution < 1.29 is 24.1 Å². The molecule has 4 aromatic rings. The van der Waals surface area contributed by atoms with Gasteiger partial charge < -0.3 is 24.1 Å². The lowest BCUT2D eigenvalue weighted by Gasteiger charge is -2.18. The zero-order chi connectivity index (χ0) is 28.8. The van der Waals surface area contributed by atoms with Crippen LogP contribution in [0.5, 0.6) is 23.0 Å². The number of aliphatic hydroxyl groups is 1. The van der Waals surface area contributed by atoms with Crippen LogP contribution in [0.1, 0.15) is 55.6 Å². The van der Waals surface area contributed by atoms with E-state index in [0.717, 1.165) is 63.7 Å². The first-order valence-corrected chi connectivity index (χ1v) is 13.5. The average molecular weight is 541 g/mol. The summed E-state index contributed by atoms with van der Waals surface area (Å²) in [5.74, 6) is 3.27. The van der Waals surface area contributed by atoms with Crippen molar-refractivity contribution in [1.82, 2.24) is 0 Å². The van der Waals surface area contributed by atoms with E-state index in [1.807, 2.05) is 24.3 Å². The predicted octanol–water partition coefficient (Wildman–Crippen LogP) is 6.91. The van der Waals surface area contributed by atoms with Gasteiger partial charge >= 0.3 is 0 Å². The minimum absolute atomic E-state index is 0.00122. The third kappa shape index (κ3) is 6.43. The summed E-state index contributed by atoms with van der Waals surface area (Å²) in [5.41, 5.74) is 11.6. The molecule has 4 aromatic carbocycles. The topological polar surface area (TPSA) is 57.2 Å². The lowest BCUT2D eigenvalue weighted by molar-refractivity contribution is 0.281. The number of methoxy groups -OCH3 is 4. The Labute approximate surface area is 238 Å². The Hall–Kier alpha value is -3.96. The largest absolute Gasteiger partial charge is 0.497 e. The second-order valence-corrected chi connectivity index (χ2v) is 10.3. The molecule has 1 N–H and O–H groups in total. The van der Waals surface area contributed by atoms with Crippen LogP contribution >= 0.6 is 0 Å². The minimum Gasteiger partial charge on any atom is -0.497 e. The van der Waals surface area contributed by atoms with Gasteiger partial charge in [0, 0.05) is 18.9 Å². The van der Waals surface area contributed by atoms with Crippen molar-refractivity contribution in [2.24, 2.45) is 0 Å². The highest BCUT2D eigenvalue weighted by Gasteiger charge is 2.15. The molecule has 0 aromatic heterocycles. The van der Waals surface area contributed by atoms with E-state index in [2.05, 4.69) is 57.2 Å².